The van der Waals surface area contributed by atoms with Crippen LogP contribution in [-0.4, -0.2) is 29.8 Å². The average molecular weight is 494 g/mol. The minimum Gasteiger partial charge on any atom is -0.459 e. The van der Waals surface area contributed by atoms with Crippen LogP contribution in [0.1, 0.15) is 34.3 Å². The van der Waals surface area contributed by atoms with E-state index in [0.29, 0.717) is 5.56 Å². The van der Waals surface area contributed by atoms with Gasteiger partial charge in [-0.2, -0.15) is 0 Å². The van der Waals surface area contributed by atoms with Gasteiger partial charge >= 0.3 is 12.1 Å². The van der Waals surface area contributed by atoms with Gasteiger partial charge in [0.25, 0.3) is 0 Å². The Labute approximate surface area is 215 Å². The number of rotatable bonds is 8. The molecule has 5 rings (SSSR count). The van der Waals surface area contributed by atoms with Gasteiger partial charge in [-0.05, 0) is 33.4 Å². The molecule has 1 amide bonds. The Morgan fingerprint density at radius 3 is 1.89 bits per heavy atom. The van der Waals surface area contributed by atoms with Gasteiger partial charge in [0.05, 0.1) is 0 Å². The fourth-order valence-electron chi connectivity index (χ4n) is 4.69. The Balaban J connectivity index is 1.29. The molecule has 6 nitrogen and oxygen atoms in total. The van der Waals surface area contributed by atoms with Gasteiger partial charge < -0.3 is 19.9 Å². The molecule has 0 heterocycles. The molecule has 0 bridgehead atoms. The van der Waals surface area contributed by atoms with Gasteiger partial charge in [-0.3, -0.25) is 0 Å². The summed E-state index contributed by atoms with van der Waals surface area (Å²) >= 11 is 0. The number of ether oxygens (including phenoxy) is 2. The number of alkyl carbamates (subject to hydrolysis) is 1. The molecular formula is C31H27NO5. The third-order valence-electron chi connectivity index (χ3n) is 6.55. The highest BCUT2D eigenvalue weighted by Crippen LogP contribution is 2.44. The van der Waals surface area contributed by atoms with E-state index in [9.17, 15) is 14.7 Å². The number of fused-ring (bicyclic) bond motifs is 3. The number of hydrogen-bond acceptors (Lipinski definition) is 5. The zero-order chi connectivity index (χ0) is 25.6. The van der Waals surface area contributed by atoms with Crippen molar-refractivity contribution in [3.8, 4) is 11.1 Å². The number of nitrogens with one attached hydrogen (secondary N) is 1. The van der Waals surface area contributed by atoms with Crippen molar-refractivity contribution in [2.24, 2.45) is 0 Å². The molecule has 37 heavy (non-hydrogen) atoms. The molecule has 0 fully saturated rings. The number of aliphatic hydroxyl groups excluding tert-OH is 1. The van der Waals surface area contributed by atoms with Crippen molar-refractivity contribution in [1.29, 1.82) is 0 Å². The standard InChI is InChI=1S/C31H27NO5/c33-29(22-13-5-2-6-14-22)28(30(34)36-19-21-11-3-1-4-12-21)32-31(35)37-20-27-25-17-9-7-15-23(25)24-16-8-10-18-26(24)27/h1-18,27-29,33H,19-20H2,(H,32,35)/t28?,29-/m1/s1. The second kappa shape index (κ2) is 11.1. The quantitative estimate of drug-likeness (QED) is 0.322. The van der Waals surface area contributed by atoms with Crippen LogP contribution in [0.5, 0.6) is 0 Å². The van der Waals surface area contributed by atoms with Gasteiger partial charge in [-0.25, -0.2) is 9.59 Å². The number of benzene rings is 4. The molecular weight excluding hydrogens is 466 g/mol. The molecule has 0 saturated carbocycles. The van der Waals surface area contributed by atoms with Crippen LogP contribution in [0.25, 0.3) is 11.1 Å². The Hall–Kier alpha value is -4.42. The lowest BCUT2D eigenvalue weighted by molar-refractivity contribution is -0.150. The van der Waals surface area contributed by atoms with Gasteiger partial charge in [0.15, 0.2) is 6.04 Å². The van der Waals surface area contributed by atoms with Crippen LogP contribution in [-0.2, 0) is 20.9 Å². The molecule has 2 N–H and O–H groups in total. The Kier molecular flexibility index (Phi) is 7.28. The summed E-state index contributed by atoms with van der Waals surface area (Å²) in [7, 11) is 0. The maximum atomic E-state index is 13.0. The SMILES string of the molecule is O=C(NC(C(=O)OCc1ccccc1)[C@H](O)c1ccccc1)OCC1c2ccccc2-c2ccccc21. The maximum Gasteiger partial charge on any atom is 0.407 e. The maximum absolute atomic E-state index is 13.0. The van der Waals surface area contributed by atoms with Crippen molar-refractivity contribution >= 4 is 12.1 Å². The van der Waals surface area contributed by atoms with Crippen LogP contribution in [0.2, 0.25) is 0 Å². The first-order valence-electron chi connectivity index (χ1n) is 12.2. The Bertz CT molecular complexity index is 1330. The van der Waals surface area contributed by atoms with E-state index in [1.807, 2.05) is 66.7 Å². The van der Waals surface area contributed by atoms with Crippen molar-refractivity contribution < 1.29 is 24.2 Å². The van der Waals surface area contributed by atoms with Gasteiger partial charge in [0.2, 0.25) is 0 Å². The van der Waals surface area contributed by atoms with E-state index >= 15 is 0 Å². The molecule has 4 aromatic rings. The van der Waals surface area contributed by atoms with Gasteiger partial charge in [0, 0.05) is 5.92 Å². The summed E-state index contributed by atoms with van der Waals surface area (Å²) in [6.07, 6.45) is -2.12. The molecule has 186 valence electrons. The van der Waals surface area contributed by atoms with Crippen molar-refractivity contribution in [2.45, 2.75) is 24.7 Å². The Morgan fingerprint density at radius 2 is 1.27 bits per heavy atom. The zero-order valence-corrected chi connectivity index (χ0v) is 20.1. The van der Waals surface area contributed by atoms with Crippen molar-refractivity contribution in [2.75, 3.05) is 6.61 Å². The fraction of sp³-hybridized carbons (Fsp3) is 0.161. The van der Waals surface area contributed by atoms with E-state index in [4.69, 9.17) is 9.47 Å². The fourth-order valence-corrected chi connectivity index (χ4v) is 4.69. The van der Waals surface area contributed by atoms with Crippen molar-refractivity contribution in [1.82, 2.24) is 5.32 Å². The van der Waals surface area contributed by atoms with Crippen LogP contribution >= 0.6 is 0 Å². The first-order chi connectivity index (χ1) is 18.1. The third kappa shape index (κ3) is 5.39. The predicted molar refractivity (Wildman–Crippen MR) is 140 cm³/mol. The number of esters is 1. The molecule has 1 unspecified atom stereocenters. The van der Waals surface area contributed by atoms with Gasteiger partial charge in [-0.15, -0.1) is 0 Å². The monoisotopic (exact) mass is 493 g/mol. The summed E-state index contributed by atoms with van der Waals surface area (Å²) in [4.78, 5) is 25.9. The summed E-state index contributed by atoms with van der Waals surface area (Å²) in [5, 5.41) is 13.5. The van der Waals surface area contributed by atoms with E-state index in [-0.39, 0.29) is 19.1 Å². The zero-order valence-electron chi connectivity index (χ0n) is 20.1. The molecule has 4 aromatic carbocycles. The lowest BCUT2D eigenvalue weighted by atomic mass is 9.98. The number of carbonyl (C=O) groups excluding carboxylic acids is 2. The highest BCUT2D eigenvalue weighted by Gasteiger charge is 2.33. The van der Waals surface area contributed by atoms with Crippen LogP contribution in [0.3, 0.4) is 0 Å². The normalized spacial score (nSPS) is 13.6. The molecule has 2 atom stereocenters. The van der Waals surface area contributed by atoms with Crippen molar-refractivity contribution in [3.63, 3.8) is 0 Å². The van der Waals surface area contributed by atoms with Crippen LogP contribution in [0.4, 0.5) is 4.79 Å². The van der Waals surface area contributed by atoms with Crippen LogP contribution in [0.15, 0.2) is 109 Å². The summed E-state index contributed by atoms with van der Waals surface area (Å²) in [6, 6.07) is 32.6. The number of amides is 1. The molecule has 1 aliphatic carbocycles. The minimum atomic E-state index is -1.35. The second-order valence-electron chi connectivity index (χ2n) is 8.90. The summed E-state index contributed by atoms with van der Waals surface area (Å²) in [5.41, 5.74) is 5.68. The van der Waals surface area contributed by atoms with E-state index < -0.39 is 24.2 Å². The number of carbonyl (C=O) groups is 2. The molecule has 0 spiro atoms. The van der Waals surface area contributed by atoms with E-state index in [1.165, 1.54) is 0 Å². The van der Waals surface area contributed by atoms with Crippen LogP contribution in [0, 0.1) is 0 Å². The predicted octanol–water partition coefficient (Wildman–Crippen LogP) is 5.37. The minimum absolute atomic E-state index is 0.0179. The number of aliphatic hydroxyl groups is 1. The highest BCUT2D eigenvalue weighted by molar-refractivity contribution is 5.83. The topological polar surface area (TPSA) is 84.9 Å². The number of hydrogen-bond donors (Lipinski definition) is 2. The first-order valence-corrected chi connectivity index (χ1v) is 12.2. The van der Waals surface area contributed by atoms with Crippen LogP contribution < -0.4 is 5.32 Å². The lowest BCUT2D eigenvalue weighted by Crippen LogP contribution is -2.46. The third-order valence-corrected chi connectivity index (χ3v) is 6.55. The largest absolute Gasteiger partial charge is 0.459 e. The summed E-state index contributed by atoms with van der Waals surface area (Å²) in [6.45, 7) is 0.108. The molecule has 0 aromatic heterocycles. The van der Waals surface area contributed by atoms with E-state index in [1.54, 1.807) is 30.3 Å². The van der Waals surface area contributed by atoms with Crippen molar-refractivity contribution in [3.05, 3.63) is 131 Å². The average Bonchev–Trinajstić information content (AvgIpc) is 3.28. The smallest absolute Gasteiger partial charge is 0.407 e. The molecule has 0 aliphatic heterocycles. The molecule has 0 radical (unpaired) electrons. The van der Waals surface area contributed by atoms with E-state index in [2.05, 4.69) is 17.4 Å². The van der Waals surface area contributed by atoms with Gasteiger partial charge in [0.1, 0.15) is 19.3 Å². The molecule has 1 aliphatic rings. The second-order valence-corrected chi connectivity index (χ2v) is 8.90. The van der Waals surface area contributed by atoms with E-state index in [0.717, 1.165) is 27.8 Å². The molecule has 0 saturated heterocycles. The molecule has 6 heteroatoms. The van der Waals surface area contributed by atoms with Gasteiger partial charge in [-0.1, -0.05) is 109 Å². The highest BCUT2D eigenvalue weighted by atomic mass is 16.6. The first kappa shape index (κ1) is 24.3. The Morgan fingerprint density at radius 1 is 0.730 bits per heavy atom. The summed E-state index contributed by atoms with van der Waals surface area (Å²) in [5.74, 6) is -0.880. The summed E-state index contributed by atoms with van der Waals surface area (Å²) < 4.78 is 11.0. The lowest BCUT2D eigenvalue weighted by Gasteiger charge is -2.23.